The van der Waals surface area contributed by atoms with Crippen molar-refractivity contribution >= 4 is 46.0 Å². The highest BCUT2D eigenvalue weighted by atomic mass is 127. The second kappa shape index (κ2) is 4.26. The normalized spacial score (nSPS) is 9.69. The molecular formula is C6H4I2O5. The molecule has 1 aromatic carbocycles. The summed E-state index contributed by atoms with van der Waals surface area (Å²) < 4.78 is 9.30. The van der Waals surface area contributed by atoms with Gasteiger partial charge in [0.1, 0.15) is 0 Å². The van der Waals surface area contributed by atoms with Crippen molar-refractivity contribution < 1.29 is 21.5 Å². The monoisotopic (exact) mass is 410 g/mol. The van der Waals surface area contributed by atoms with E-state index < -0.39 is 5.75 Å². The first-order chi connectivity index (χ1) is 6.11. The van der Waals surface area contributed by atoms with Gasteiger partial charge in [0.2, 0.25) is 17.2 Å². The lowest BCUT2D eigenvalue weighted by atomic mass is 10.2. The minimum Gasteiger partial charge on any atom is -0.504 e. The Kier molecular flexibility index (Phi) is 3.53. The first kappa shape index (κ1) is 10.8. The van der Waals surface area contributed by atoms with Crippen LogP contribution in [0, 0.1) is 0 Å². The number of aromatic hydroxyl groups is 3. The Bertz CT molecular complexity index is 299. The molecule has 1 aromatic rings. The Hall–Kier alpha value is -0.320. The maximum absolute atomic E-state index is 9.37. The van der Waals surface area contributed by atoms with E-state index in [1.807, 2.05) is 0 Å². The van der Waals surface area contributed by atoms with Gasteiger partial charge >= 0.3 is 0 Å². The van der Waals surface area contributed by atoms with Gasteiger partial charge in [-0.3, -0.25) is 0 Å². The summed E-state index contributed by atoms with van der Waals surface area (Å²) in [6.45, 7) is 0. The molecule has 0 aliphatic heterocycles. The summed E-state index contributed by atoms with van der Waals surface area (Å²) in [6.07, 6.45) is 0. The van der Waals surface area contributed by atoms with Crippen molar-refractivity contribution in [1.82, 2.24) is 0 Å². The van der Waals surface area contributed by atoms with Crippen LogP contribution >= 0.6 is 46.0 Å². The number of halogens is 2. The van der Waals surface area contributed by atoms with Crippen LogP contribution in [0.2, 0.25) is 0 Å². The van der Waals surface area contributed by atoms with Crippen molar-refractivity contribution in [3.63, 3.8) is 0 Å². The molecule has 7 heteroatoms. The Balaban J connectivity index is 3.39. The molecule has 0 atom stereocenters. The third-order valence-electron chi connectivity index (χ3n) is 1.32. The van der Waals surface area contributed by atoms with Crippen LogP contribution in [0.5, 0.6) is 28.7 Å². The minimum atomic E-state index is -0.443. The second-order valence-corrected chi connectivity index (χ2v) is 2.96. The molecule has 72 valence electrons. The van der Waals surface area contributed by atoms with Crippen molar-refractivity contribution in [2.75, 3.05) is 0 Å². The molecule has 5 nitrogen and oxygen atoms in total. The maximum Gasteiger partial charge on any atom is 0.220 e. The van der Waals surface area contributed by atoms with Crippen LogP contribution in [-0.4, -0.2) is 15.3 Å². The summed E-state index contributed by atoms with van der Waals surface area (Å²) in [6, 6.07) is 1.02. The van der Waals surface area contributed by atoms with E-state index in [-0.39, 0.29) is 23.0 Å². The van der Waals surface area contributed by atoms with Gasteiger partial charge in [-0.1, -0.05) is 0 Å². The van der Waals surface area contributed by atoms with E-state index in [1.54, 1.807) is 0 Å². The SMILES string of the molecule is Oc1cc(O)c(OI)c(O)c1OI. The van der Waals surface area contributed by atoms with Gasteiger partial charge in [-0.05, 0) is 0 Å². The molecule has 0 amide bonds. The standard InChI is InChI=1S/C6H4I2O5/c7-12-5-2(9)1-3(10)6(13-8)4(5)11/h1,9-11H. The summed E-state index contributed by atoms with van der Waals surface area (Å²) in [4.78, 5) is 0. The van der Waals surface area contributed by atoms with E-state index >= 15 is 0 Å². The fourth-order valence-corrected chi connectivity index (χ4v) is 1.63. The summed E-state index contributed by atoms with van der Waals surface area (Å²) in [7, 11) is 0. The van der Waals surface area contributed by atoms with Crippen molar-refractivity contribution in [1.29, 1.82) is 0 Å². The average Bonchev–Trinajstić information content (AvgIpc) is 2.04. The smallest absolute Gasteiger partial charge is 0.220 e. The Labute approximate surface area is 102 Å². The Morgan fingerprint density at radius 2 is 1.31 bits per heavy atom. The first-order valence-electron chi connectivity index (χ1n) is 2.97. The van der Waals surface area contributed by atoms with Crippen LogP contribution in [0.25, 0.3) is 0 Å². The molecule has 13 heavy (non-hydrogen) atoms. The van der Waals surface area contributed by atoms with Gasteiger partial charge in [-0.25, -0.2) is 0 Å². The summed E-state index contributed by atoms with van der Waals surface area (Å²) in [5.41, 5.74) is 0. The topological polar surface area (TPSA) is 79.2 Å². The van der Waals surface area contributed by atoms with Crippen molar-refractivity contribution in [2.24, 2.45) is 0 Å². The highest BCUT2D eigenvalue weighted by Crippen LogP contribution is 2.49. The average molecular weight is 410 g/mol. The van der Waals surface area contributed by atoms with Gasteiger partial charge in [0.05, 0.1) is 0 Å². The highest BCUT2D eigenvalue weighted by Gasteiger charge is 2.19. The number of phenolic OH excluding ortho intramolecular Hbond substituents is 3. The molecule has 0 aliphatic rings. The largest absolute Gasteiger partial charge is 0.504 e. The third kappa shape index (κ3) is 1.95. The number of hydrogen-bond donors (Lipinski definition) is 3. The molecule has 1 rings (SSSR count). The number of rotatable bonds is 2. The maximum atomic E-state index is 9.37. The predicted octanol–water partition coefficient (Wildman–Crippen LogP) is 2.26. The molecule has 0 aliphatic carbocycles. The van der Waals surface area contributed by atoms with Crippen molar-refractivity contribution in [3.8, 4) is 28.7 Å². The third-order valence-corrected chi connectivity index (χ3v) is 2.20. The van der Waals surface area contributed by atoms with E-state index in [2.05, 4.69) is 6.13 Å². The van der Waals surface area contributed by atoms with Gasteiger partial charge < -0.3 is 21.5 Å². The minimum absolute atomic E-state index is 0.148. The van der Waals surface area contributed by atoms with Gasteiger partial charge in [-0.15, -0.1) is 0 Å². The van der Waals surface area contributed by atoms with Crippen molar-refractivity contribution in [3.05, 3.63) is 6.07 Å². The Morgan fingerprint density at radius 3 is 1.62 bits per heavy atom. The lowest BCUT2D eigenvalue weighted by Gasteiger charge is -2.08. The predicted molar refractivity (Wildman–Crippen MR) is 60.7 cm³/mol. The Morgan fingerprint density at radius 1 is 0.923 bits per heavy atom. The molecule has 3 N–H and O–H groups in total. The van der Waals surface area contributed by atoms with Crippen LogP contribution in [-0.2, 0) is 0 Å². The molecular weight excluding hydrogens is 406 g/mol. The highest BCUT2D eigenvalue weighted by molar-refractivity contribution is 14.1. The van der Waals surface area contributed by atoms with E-state index in [9.17, 15) is 15.3 Å². The summed E-state index contributed by atoms with van der Waals surface area (Å²) in [5.74, 6) is -1.46. The number of benzene rings is 1. The lowest BCUT2D eigenvalue weighted by Crippen LogP contribution is -1.83. The molecule has 0 saturated carbocycles. The molecule has 0 fully saturated rings. The van der Waals surface area contributed by atoms with Crippen LogP contribution in [0.3, 0.4) is 0 Å². The van der Waals surface area contributed by atoms with E-state index in [0.717, 1.165) is 6.07 Å². The molecule has 0 unspecified atom stereocenters. The number of hydrogen-bond acceptors (Lipinski definition) is 5. The van der Waals surface area contributed by atoms with E-state index in [1.165, 1.54) is 46.0 Å². The fraction of sp³-hybridized carbons (Fsp3) is 0. The van der Waals surface area contributed by atoms with Gasteiger partial charge in [0.25, 0.3) is 0 Å². The van der Waals surface area contributed by atoms with Gasteiger partial charge in [0.15, 0.2) is 57.5 Å². The van der Waals surface area contributed by atoms with Gasteiger partial charge in [0, 0.05) is 6.07 Å². The molecule has 0 spiro atoms. The molecule has 0 heterocycles. The zero-order valence-corrected chi connectivity index (χ0v) is 10.3. The summed E-state index contributed by atoms with van der Waals surface area (Å²) in [5, 5.41) is 27.7. The zero-order chi connectivity index (χ0) is 10.0. The van der Waals surface area contributed by atoms with E-state index in [4.69, 9.17) is 0 Å². The number of phenols is 3. The fourth-order valence-electron chi connectivity index (χ4n) is 0.758. The van der Waals surface area contributed by atoms with Crippen LogP contribution in [0.1, 0.15) is 0 Å². The molecule has 0 aromatic heterocycles. The first-order valence-corrected chi connectivity index (χ1v) is 4.73. The lowest BCUT2D eigenvalue weighted by molar-refractivity contribution is 0.390. The van der Waals surface area contributed by atoms with E-state index in [0.29, 0.717) is 0 Å². The molecule has 0 bridgehead atoms. The zero-order valence-electron chi connectivity index (χ0n) is 5.99. The molecule has 0 radical (unpaired) electrons. The quantitative estimate of drug-likeness (QED) is 0.653. The van der Waals surface area contributed by atoms with Crippen LogP contribution in [0.15, 0.2) is 6.07 Å². The second-order valence-electron chi connectivity index (χ2n) is 2.08. The van der Waals surface area contributed by atoms with Crippen LogP contribution < -0.4 is 6.13 Å². The molecule has 0 saturated heterocycles. The summed E-state index contributed by atoms with van der Waals surface area (Å²) >= 11 is 2.98. The van der Waals surface area contributed by atoms with Crippen molar-refractivity contribution in [2.45, 2.75) is 0 Å². The van der Waals surface area contributed by atoms with Gasteiger partial charge in [-0.2, -0.15) is 0 Å². The van der Waals surface area contributed by atoms with Crippen LogP contribution in [0.4, 0.5) is 0 Å².